The lowest BCUT2D eigenvalue weighted by molar-refractivity contribution is -0.902. The second-order valence-electron chi connectivity index (χ2n) is 19.0. The quantitative estimate of drug-likeness (QED) is 0.0487. The van der Waals surface area contributed by atoms with Crippen LogP contribution < -0.4 is 4.90 Å². The van der Waals surface area contributed by atoms with Gasteiger partial charge in [0.05, 0.1) is 50.5 Å². The number of carbonyl (C=O) groups is 3. The molecule has 1 unspecified atom stereocenters. The summed E-state index contributed by atoms with van der Waals surface area (Å²) in [4.78, 5) is 44.7. The minimum Gasteiger partial charge on any atom is -0.464 e. The first-order valence-electron chi connectivity index (χ1n) is 27.2. The standard InChI is InChI=1S/C54H106N2O5/c1-8-14-18-22-26-30-34-38-50(39-35-31-27-23-19-15-9-2)53(58)60-46-44-56(52(57)49(7)48-55(42-12-5)43-13-6)45-47-61-54(59)51(40-36-32-28-24-20-16-10-3)41-37-33-29-25-21-17-11-4/h49-51H,8-48H2,1-7H3/p+1. The van der Waals surface area contributed by atoms with E-state index in [1.54, 1.807) is 0 Å². The lowest BCUT2D eigenvalue weighted by atomic mass is 9.94. The molecular weight excluding hydrogens is 757 g/mol. The molecule has 0 aromatic rings. The molecule has 0 rings (SSSR count). The Morgan fingerprint density at radius 2 is 0.689 bits per heavy atom. The first kappa shape index (κ1) is 59.4. The summed E-state index contributed by atoms with van der Waals surface area (Å²) in [7, 11) is 0. The molecule has 0 aliphatic heterocycles. The van der Waals surface area contributed by atoms with E-state index in [-0.39, 0.29) is 48.8 Å². The van der Waals surface area contributed by atoms with Crippen molar-refractivity contribution in [1.82, 2.24) is 4.90 Å². The molecule has 0 fully saturated rings. The molecule has 0 heterocycles. The smallest absolute Gasteiger partial charge is 0.308 e. The van der Waals surface area contributed by atoms with E-state index in [4.69, 9.17) is 9.47 Å². The number of hydrogen-bond acceptors (Lipinski definition) is 5. The topological polar surface area (TPSA) is 77.3 Å². The van der Waals surface area contributed by atoms with E-state index in [1.165, 1.54) is 159 Å². The van der Waals surface area contributed by atoms with Gasteiger partial charge in [0.25, 0.3) is 0 Å². The number of amides is 1. The van der Waals surface area contributed by atoms with Crippen molar-refractivity contribution in [2.24, 2.45) is 17.8 Å². The van der Waals surface area contributed by atoms with Gasteiger partial charge in [-0.05, 0) is 45.4 Å². The fourth-order valence-electron chi connectivity index (χ4n) is 9.10. The predicted octanol–water partition coefficient (Wildman–Crippen LogP) is 14.0. The second kappa shape index (κ2) is 45.0. The van der Waals surface area contributed by atoms with Gasteiger partial charge in [0, 0.05) is 0 Å². The van der Waals surface area contributed by atoms with Crippen LogP contribution in [0.2, 0.25) is 0 Å². The number of quaternary nitrogens is 1. The molecule has 0 aromatic heterocycles. The van der Waals surface area contributed by atoms with Gasteiger partial charge in [-0.3, -0.25) is 14.4 Å². The minimum absolute atomic E-state index is 0.0693. The van der Waals surface area contributed by atoms with E-state index >= 15 is 0 Å². The number of esters is 2. The zero-order valence-corrected chi connectivity index (χ0v) is 42.2. The highest BCUT2D eigenvalue weighted by atomic mass is 16.5. The van der Waals surface area contributed by atoms with Crippen LogP contribution in [0.1, 0.15) is 267 Å². The third-order valence-electron chi connectivity index (χ3n) is 13.0. The van der Waals surface area contributed by atoms with Gasteiger partial charge in [-0.1, -0.05) is 221 Å². The normalized spacial score (nSPS) is 12.2. The molecular formula is C54H107N2O5+. The van der Waals surface area contributed by atoms with Gasteiger partial charge in [-0.15, -0.1) is 0 Å². The highest BCUT2D eigenvalue weighted by Crippen LogP contribution is 2.23. The number of ether oxygens (including phenoxy) is 2. The molecule has 0 saturated carbocycles. The van der Waals surface area contributed by atoms with Crippen LogP contribution in [0.3, 0.4) is 0 Å². The van der Waals surface area contributed by atoms with Crippen molar-refractivity contribution in [3.05, 3.63) is 0 Å². The number of unbranched alkanes of at least 4 members (excludes halogenated alkanes) is 24. The Morgan fingerprint density at radius 3 is 0.967 bits per heavy atom. The average Bonchev–Trinajstić information content (AvgIpc) is 3.25. The highest BCUT2D eigenvalue weighted by molar-refractivity contribution is 5.79. The molecule has 1 amide bonds. The summed E-state index contributed by atoms with van der Waals surface area (Å²) in [6.45, 7) is 19.4. The Hall–Kier alpha value is -1.63. The molecule has 61 heavy (non-hydrogen) atoms. The van der Waals surface area contributed by atoms with Crippen molar-refractivity contribution in [2.75, 3.05) is 45.9 Å². The number of rotatable bonds is 47. The van der Waals surface area contributed by atoms with Crippen molar-refractivity contribution < 1.29 is 28.8 Å². The first-order valence-corrected chi connectivity index (χ1v) is 27.2. The summed E-state index contributed by atoms with van der Waals surface area (Å²) < 4.78 is 12.1. The maximum atomic E-state index is 14.1. The lowest BCUT2D eigenvalue weighted by Crippen LogP contribution is -3.12. The molecule has 7 nitrogen and oxygen atoms in total. The van der Waals surface area contributed by atoms with Crippen LogP contribution in [-0.2, 0) is 23.9 Å². The van der Waals surface area contributed by atoms with Crippen molar-refractivity contribution in [2.45, 2.75) is 267 Å². The number of hydrogen-bond donors (Lipinski definition) is 1. The molecule has 7 heteroatoms. The molecule has 0 aromatic carbocycles. The average molecular weight is 864 g/mol. The maximum Gasteiger partial charge on any atom is 0.308 e. The van der Waals surface area contributed by atoms with Gasteiger partial charge >= 0.3 is 11.9 Å². The molecule has 0 bridgehead atoms. The van der Waals surface area contributed by atoms with E-state index in [2.05, 4.69) is 41.5 Å². The van der Waals surface area contributed by atoms with Gasteiger partial charge in [-0.2, -0.15) is 0 Å². The number of nitrogens with zero attached hydrogens (tertiary/aromatic N) is 1. The summed E-state index contributed by atoms with van der Waals surface area (Å²) >= 11 is 0. The van der Waals surface area contributed by atoms with Crippen LogP contribution in [0.5, 0.6) is 0 Å². The van der Waals surface area contributed by atoms with E-state index in [0.29, 0.717) is 13.1 Å². The van der Waals surface area contributed by atoms with Crippen LogP contribution in [0, 0.1) is 17.8 Å². The first-order chi connectivity index (χ1) is 29.8. The van der Waals surface area contributed by atoms with E-state index in [1.807, 2.05) is 11.8 Å². The summed E-state index contributed by atoms with van der Waals surface area (Å²) in [6, 6.07) is 0. The van der Waals surface area contributed by atoms with Crippen molar-refractivity contribution in [1.29, 1.82) is 0 Å². The van der Waals surface area contributed by atoms with Gasteiger partial charge in [0.1, 0.15) is 13.2 Å². The van der Waals surface area contributed by atoms with Crippen LogP contribution in [0.15, 0.2) is 0 Å². The van der Waals surface area contributed by atoms with E-state index in [0.717, 1.165) is 83.8 Å². The van der Waals surface area contributed by atoms with Gasteiger partial charge in [-0.25, -0.2) is 0 Å². The molecule has 1 N–H and O–H groups in total. The third kappa shape index (κ3) is 35.4. The Labute approximate surface area is 380 Å². The van der Waals surface area contributed by atoms with Crippen LogP contribution >= 0.6 is 0 Å². The third-order valence-corrected chi connectivity index (χ3v) is 13.0. The highest BCUT2D eigenvalue weighted by Gasteiger charge is 2.27. The Kier molecular flexibility index (Phi) is 43.8. The number of nitrogens with one attached hydrogen (secondary N) is 1. The summed E-state index contributed by atoms with van der Waals surface area (Å²) in [6.07, 6.45) is 40.4. The largest absolute Gasteiger partial charge is 0.464 e. The zero-order chi connectivity index (χ0) is 45.0. The molecule has 362 valence electrons. The maximum absolute atomic E-state index is 14.1. The van der Waals surface area contributed by atoms with Crippen LogP contribution in [-0.4, -0.2) is 68.7 Å². The monoisotopic (exact) mass is 864 g/mol. The van der Waals surface area contributed by atoms with Crippen molar-refractivity contribution in [3.63, 3.8) is 0 Å². The summed E-state index contributed by atoms with van der Waals surface area (Å²) in [5.74, 6) is -0.417. The Bertz CT molecular complexity index is 875. The zero-order valence-electron chi connectivity index (χ0n) is 42.2. The van der Waals surface area contributed by atoms with E-state index < -0.39 is 0 Å². The fourth-order valence-corrected chi connectivity index (χ4v) is 9.10. The fraction of sp³-hybridized carbons (Fsp3) is 0.944. The second-order valence-corrected chi connectivity index (χ2v) is 19.0. The Balaban J connectivity index is 5.62. The Morgan fingerprint density at radius 1 is 0.410 bits per heavy atom. The predicted molar refractivity (Wildman–Crippen MR) is 261 cm³/mol. The lowest BCUT2D eigenvalue weighted by Gasteiger charge is -2.28. The summed E-state index contributed by atoms with van der Waals surface area (Å²) in [5.41, 5.74) is 0. The number of carbonyl (C=O) groups excluding carboxylic acids is 3. The summed E-state index contributed by atoms with van der Waals surface area (Å²) in [5, 5.41) is 0. The van der Waals surface area contributed by atoms with Gasteiger partial charge < -0.3 is 19.3 Å². The molecule has 0 spiro atoms. The van der Waals surface area contributed by atoms with Gasteiger partial charge in [0.2, 0.25) is 5.91 Å². The molecule has 0 aliphatic carbocycles. The molecule has 0 saturated heterocycles. The van der Waals surface area contributed by atoms with Gasteiger partial charge in [0.15, 0.2) is 0 Å². The van der Waals surface area contributed by atoms with Crippen LogP contribution in [0.4, 0.5) is 0 Å². The van der Waals surface area contributed by atoms with Crippen molar-refractivity contribution in [3.8, 4) is 0 Å². The van der Waals surface area contributed by atoms with Crippen molar-refractivity contribution >= 4 is 17.8 Å². The molecule has 0 aliphatic rings. The molecule has 0 radical (unpaired) electrons. The minimum atomic E-state index is -0.163. The van der Waals surface area contributed by atoms with E-state index in [9.17, 15) is 14.4 Å². The molecule has 1 atom stereocenters. The SMILES string of the molecule is CCCCCCCCCC(CCCCCCCCC)C(=O)OCCN(CCOC(=O)C(CCCCCCCCC)CCCCCCCCC)C(=O)C(C)C[NH+](CCC)CCC. The van der Waals surface area contributed by atoms with Crippen LogP contribution in [0.25, 0.3) is 0 Å².